The molecule has 0 unspecified atom stereocenters. The number of thiazole rings is 1. The molecule has 0 saturated carbocycles. The van der Waals surface area contributed by atoms with Gasteiger partial charge in [-0.05, 0) is 32.0 Å². The van der Waals surface area contributed by atoms with Crippen molar-refractivity contribution in [2.75, 3.05) is 12.4 Å². The molecule has 5 rings (SSSR count). The minimum Gasteiger partial charge on any atom is -0.485 e. The van der Waals surface area contributed by atoms with Crippen molar-refractivity contribution in [3.05, 3.63) is 77.3 Å². The Hall–Kier alpha value is -3.37. The molecule has 0 amide bonds. The average molecular weight is 494 g/mol. The fraction of sp³-hybridized carbons (Fsp3) is 0.250. The van der Waals surface area contributed by atoms with Crippen LogP contribution < -0.4 is 9.47 Å². The van der Waals surface area contributed by atoms with E-state index in [1.54, 1.807) is 23.6 Å². The summed E-state index contributed by atoms with van der Waals surface area (Å²) in [6.07, 6.45) is 3.14. The standard InChI is InChI=1S/C24H23N5O3S2/c1-4-10-28-22(21-13-31-19-7-5-6-8-20(19)32-21)26-27-24(28)34-14-18(30)17-12-15(2)29(16(17)3)23-25-9-11-33-23/h4-9,11-12,21H,1,10,13-14H2,2-3H3/t21-/m0/s1. The number of fused-ring (bicyclic) bond motifs is 1. The van der Waals surface area contributed by atoms with Crippen LogP contribution in [0.25, 0.3) is 5.13 Å². The van der Waals surface area contributed by atoms with Crippen LogP contribution in [0.15, 0.2) is 59.7 Å². The molecule has 174 valence electrons. The number of rotatable bonds is 8. The van der Waals surface area contributed by atoms with Gasteiger partial charge in [-0.15, -0.1) is 28.1 Å². The second kappa shape index (κ2) is 9.47. The van der Waals surface area contributed by atoms with Gasteiger partial charge in [0.05, 0.1) is 5.75 Å². The number of ether oxygens (including phenoxy) is 2. The van der Waals surface area contributed by atoms with Crippen molar-refractivity contribution in [3.63, 3.8) is 0 Å². The van der Waals surface area contributed by atoms with E-state index in [-0.39, 0.29) is 11.5 Å². The molecule has 8 nitrogen and oxygen atoms in total. The summed E-state index contributed by atoms with van der Waals surface area (Å²) in [5, 5.41) is 12.1. The van der Waals surface area contributed by atoms with Crippen molar-refractivity contribution in [1.82, 2.24) is 24.3 Å². The molecule has 0 bridgehead atoms. The van der Waals surface area contributed by atoms with E-state index in [1.807, 2.05) is 58.7 Å². The molecule has 0 N–H and O–H groups in total. The Morgan fingerprint density at radius 2 is 2.12 bits per heavy atom. The number of hydrogen-bond acceptors (Lipinski definition) is 8. The van der Waals surface area contributed by atoms with E-state index in [1.165, 1.54) is 11.8 Å². The van der Waals surface area contributed by atoms with Gasteiger partial charge >= 0.3 is 0 Å². The third kappa shape index (κ3) is 4.14. The van der Waals surface area contributed by atoms with Crippen molar-refractivity contribution in [2.45, 2.75) is 31.7 Å². The number of allylic oxidation sites excluding steroid dienone is 1. The molecule has 0 saturated heterocycles. The van der Waals surface area contributed by atoms with Crippen molar-refractivity contribution in [3.8, 4) is 16.6 Å². The molecule has 1 aliphatic heterocycles. The Labute approximate surface area is 205 Å². The predicted octanol–water partition coefficient (Wildman–Crippen LogP) is 4.82. The second-order valence-electron chi connectivity index (χ2n) is 7.75. The lowest BCUT2D eigenvalue weighted by Gasteiger charge is -2.26. The first kappa shape index (κ1) is 22.4. The maximum absolute atomic E-state index is 13.1. The Kier molecular flexibility index (Phi) is 6.25. The first-order chi connectivity index (χ1) is 16.6. The Bertz CT molecular complexity index is 1340. The fourth-order valence-corrected chi connectivity index (χ4v) is 5.56. The summed E-state index contributed by atoms with van der Waals surface area (Å²) in [5.74, 6) is 2.30. The summed E-state index contributed by atoms with van der Waals surface area (Å²) >= 11 is 2.90. The Balaban J connectivity index is 1.34. The van der Waals surface area contributed by atoms with Crippen LogP contribution in [0.2, 0.25) is 0 Å². The number of ketones is 1. The highest BCUT2D eigenvalue weighted by atomic mass is 32.2. The number of benzene rings is 1. The van der Waals surface area contributed by atoms with Crippen LogP contribution in [0.4, 0.5) is 0 Å². The molecule has 1 aromatic carbocycles. The quantitative estimate of drug-likeness (QED) is 0.198. The van der Waals surface area contributed by atoms with E-state index in [4.69, 9.17) is 9.47 Å². The van der Waals surface area contributed by atoms with Gasteiger partial charge in [0, 0.05) is 35.1 Å². The van der Waals surface area contributed by atoms with Crippen molar-refractivity contribution >= 4 is 28.9 Å². The van der Waals surface area contributed by atoms with E-state index in [9.17, 15) is 4.79 Å². The smallest absolute Gasteiger partial charge is 0.193 e. The van der Waals surface area contributed by atoms with Gasteiger partial charge in [-0.25, -0.2) is 4.98 Å². The number of carbonyl (C=O) groups is 1. The summed E-state index contributed by atoms with van der Waals surface area (Å²) in [4.78, 5) is 17.5. The fourth-order valence-electron chi connectivity index (χ4n) is 3.97. The molecule has 0 radical (unpaired) electrons. The maximum Gasteiger partial charge on any atom is 0.193 e. The SMILES string of the molecule is C=CCn1c(SCC(=O)c2cc(C)n(-c3nccs3)c2C)nnc1[C@@H]1COc2ccccc2O1. The average Bonchev–Trinajstić information content (AvgIpc) is 3.57. The van der Waals surface area contributed by atoms with E-state index in [0.29, 0.717) is 41.2 Å². The number of aryl methyl sites for hydroxylation is 1. The topological polar surface area (TPSA) is 84.1 Å². The van der Waals surface area contributed by atoms with Gasteiger partial charge in [0.1, 0.15) is 6.61 Å². The lowest BCUT2D eigenvalue weighted by molar-refractivity contribution is 0.0821. The van der Waals surface area contributed by atoms with Crippen molar-refractivity contribution in [2.24, 2.45) is 0 Å². The molecule has 0 fully saturated rings. The molecule has 34 heavy (non-hydrogen) atoms. The number of hydrogen-bond donors (Lipinski definition) is 0. The molecular formula is C24H23N5O3S2. The highest BCUT2D eigenvalue weighted by molar-refractivity contribution is 7.99. The summed E-state index contributed by atoms with van der Waals surface area (Å²) in [7, 11) is 0. The van der Waals surface area contributed by atoms with Crippen LogP contribution in [0.5, 0.6) is 11.5 Å². The number of para-hydroxylation sites is 2. The van der Waals surface area contributed by atoms with Gasteiger partial charge in [-0.1, -0.05) is 30.0 Å². The summed E-state index contributed by atoms with van der Waals surface area (Å²) in [6.45, 7) is 8.62. The van der Waals surface area contributed by atoms with Crippen LogP contribution in [0.3, 0.4) is 0 Å². The lowest BCUT2D eigenvalue weighted by atomic mass is 10.2. The van der Waals surface area contributed by atoms with Gasteiger partial charge in [-0.3, -0.25) is 13.9 Å². The minimum atomic E-state index is -0.398. The summed E-state index contributed by atoms with van der Waals surface area (Å²) < 4.78 is 15.9. The molecule has 1 atom stereocenters. The van der Waals surface area contributed by atoms with E-state index in [2.05, 4.69) is 21.8 Å². The molecule has 0 spiro atoms. The zero-order valence-corrected chi connectivity index (χ0v) is 20.4. The van der Waals surface area contributed by atoms with Crippen LogP contribution in [0.1, 0.15) is 33.7 Å². The molecule has 3 aromatic heterocycles. The molecule has 0 aliphatic carbocycles. The predicted molar refractivity (Wildman–Crippen MR) is 131 cm³/mol. The summed E-state index contributed by atoms with van der Waals surface area (Å²) in [6, 6.07) is 9.47. The van der Waals surface area contributed by atoms with E-state index in [0.717, 1.165) is 16.5 Å². The number of thioether (sulfide) groups is 1. The van der Waals surface area contributed by atoms with Crippen LogP contribution in [0, 0.1) is 13.8 Å². The number of nitrogens with zero attached hydrogens (tertiary/aromatic N) is 5. The lowest BCUT2D eigenvalue weighted by Crippen LogP contribution is -2.25. The number of Topliss-reactive ketones (excluding diaryl/α,β-unsaturated/α-hetero) is 1. The minimum absolute atomic E-state index is 0.0294. The number of aromatic nitrogens is 5. The monoisotopic (exact) mass is 493 g/mol. The summed E-state index contributed by atoms with van der Waals surface area (Å²) in [5.41, 5.74) is 2.56. The molecule has 4 heterocycles. The molecular weight excluding hydrogens is 470 g/mol. The van der Waals surface area contributed by atoms with Gasteiger partial charge in [0.15, 0.2) is 39.5 Å². The van der Waals surface area contributed by atoms with Gasteiger partial charge in [-0.2, -0.15) is 0 Å². The first-order valence-electron chi connectivity index (χ1n) is 10.7. The second-order valence-corrected chi connectivity index (χ2v) is 9.57. The highest BCUT2D eigenvalue weighted by Crippen LogP contribution is 2.36. The van der Waals surface area contributed by atoms with Crippen LogP contribution in [-0.2, 0) is 6.54 Å². The number of carbonyl (C=O) groups excluding carboxylic acids is 1. The third-order valence-electron chi connectivity index (χ3n) is 5.53. The maximum atomic E-state index is 13.1. The molecule has 1 aliphatic rings. The highest BCUT2D eigenvalue weighted by Gasteiger charge is 2.28. The van der Waals surface area contributed by atoms with Crippen molar-refractivity contribution < 1.29 is 14.3 Å². The van der Waals surface area contributed by atoms with Crippen LogP contribution in [-0.4, -0.2) is 42.5 Å². The van der Waals surface area contributed by atoms with E-state index >= 15 is 0 Å². The van der Waals surface area contributed by atoms with Gasteiger partial charge < -0.3 is 9.47 Å². The van der Waals surface area contributed by atoms with Gasteiger partial charge in [0.25, 0.3) is 0 Å². The third-order valence-corrected chi connectivity index (χ3v) is 7.25. The largest absolute Gasteiger partial charge is 0.485 e. The first-order valence-corrected chi connectivity index (χ1v) is 12.6. The van der Waals surface area contributed by atoms with E-state index < -0.39 is 6.10 Å². The van der Waals surface area contributed by atoms with Crippen molar-refractivity contribution in [1.29, 1.82) is 0 Å². The molecule has 4 aromatic rings. The Morgan fingerprint density at radius 3 is 2.88 bits per heavy atom. The van der Waals surface area contributed by atoms with Crippen LogP contribution >= 0.6 is 23.1 Å². The normalized spacial score (nSPS) is 14.8. The Morgan fingerprint density at radius 1 is 1.29 bits per heavy atom. The zero-order chi connectivity index (χ0) is 23.7. The molecule has 10 heteroatoms. The van der Waals surface area contributed by atoms with Gasteiger partial charge in [0.2, 0.25) is 0 Å². The zero-order valence-electron chi connectivity index (χ0n) is 18.8.